The summed E-state index contributed by atoms with van der Waals surface area (Å²) in [6.45, 7) is 21.6. The molecule has 0 aromatic heterocycles. The van der Waals surface area contributed by atoms with E-state index < -0.39 is 15.6 Å². The molecule has 54 heavy (non-hydrogen) atoms. The van der Waals surface area contributed by atoms with Gasteiger partial charge < -0.3 is 14.7 Å². The van der Waals surface area contributed by atoms with E-state index in [0.717, 1.165) is 102 Å². The quantitative estimate of drug-likeness (QED) is 0.0511. The topological polar surface area (TPSA) is 113 Å². The fourth-order valence-electron chi connectivity index (χ4n) is 5.66. The van der Waals surface area contributed by atoms with E-state index in [2.05, 4.69) is 120 Å². The molecular formula is C45H76O7P2. The van der Waals surface area contributed by atoms with Crippen molar-refractivity contribution < 1.29 is 32.6 Å². The first-order chi connectivity index (χ1) is 25.3. The third kappa shape index (κ3) is 34.4. The molecule has 0 radical (unpaired) electrons. The van der Waals surface area contributed by atoms with Gasteiger partial charge in [-0.05, 0) is 172 Å². The highest BCUT2D eigenvalue weighted by Gasteiger charge is 2.31. The molecule has 1 unspecified atom stereocenters. The van der Waals surface area contributed by atoms with E-state index in [0.29, 0.717) is 0 Å². The summed E-state index contributed by atoms with van der Waals surface area (Å²) in [6.07, 6.45) is 37.7. The molecule has 0 aliphatic heterocycles. The number of hydrogen-bond donors (Lipinski definition) is 3. The first kappa shape index (κ1) is 51.9. The number of phosphoric ester groups is 1. The molecule has 0 aromatic rings. The molecule has 0 saturated heterocycles. The Morgan fingerprint density at radius 2 is 0.611 bits per heavy atom. The second-order valence-electron chi connectivity index (χ2n) is 15.3. The van der Waals surface area contributed by atoms with E-state index in [1.165, 1.54) is 51.0 Å². The predicted molar refractivity (Wildman–Crippen MR) is 232 cm³/mol. The lowest BCUT2D eigenvalue weighted by molar-refractivity contribution is 0.191. The molecule has 1 atom stereocenters. The van der Waals surface area contributed by atoms with E-state index >= 15 is 0 Å². The molecule has 308 valence electrons. The summed E-state index contributed by atoms with van der Waals surface area (Å²) in [5.41, 5.74) is 12.6. The van der Waals surface area contributed by atoms with Crippen LogP contribution in [0.1, 0.15) is 172 Å². The number of rotatable bonds is 29. The molecule has 7 nitrogen and oxygen atoms in total. The van der Waals surface area contributed by atoms with Crippen LogP contribution in [0.4, 0.5) is 0 Å². The molecule has 0 rings (SSSR count). The van der Waals surface area contributed by atoms with E-state index in [9.17, 15) is 14.0 Å². The second kappa shape index (κ2) is 30.1. The SMILES string of the molecule is CC(C)=CCC/C(C)=C/CC/C(C)=C/CC/C(C)=C\CC/C(C)=C\CC/C(C)=C\CC/C(C)=C\CC/C(C)=C\CC/C(C)=C\COP(=O)(O)OP(=O)(O)O. The van der Waals surface area contributed by atoms with Gasteiger partial charge in [0.1, 0.15) is 0 Å². The molecule has 3 N–H and O–H groups in total. The van der Waals surface area contributed by atoms with E-state index in [1.807, 2.05) is 6.92 Å². The van der Waals surface area contributed by atoms with Gasteiger partial charge in [0.2, 0.25) is 0 Å². The first-order valence-electron chi connectivity index (χ1n) is 19.9. The van der Waals surface area contributed by atoms with Crippen molar-refractivity contribution in [3.05, 3.63) is 105 Å². The van der Waals surface area contributed by atoms with Crippen LogP contribution in [0, 0.1) is 0 Å². The molecule has 0 saturated carbocycles. The van der Waals surface area contributed by atoms with Gasteiger partial charge in [-0.3, -0.25) is 4.52 Å². The van der Waals surface area contributed by atoms with Crippen molar-refractivity contribution in [2.45, 2.75) is 172 Å². The fourth-order valence-corrected chi connectivity index (χ4v) is 7.19. The van der Waals surface area contributed by atoms with Gasteiger partial charge in [-0.25, -0.2) is 9.13 Å². The highest BCUT2D eigenvalue weighted by Crippen LogP contribution is 2.57. The van der Waals surface area contributed by atoms with Crippen molar-refractivity contribution in [3.63, 3.8) is 0 Å². The minimum atomic E-state index is -5.11. The number of hydrogen-bond acceptors (Lipinski definition) is 4. The smallest absolute Gasteiger partial charge is 0.302 e. The van der Waals surface area contributed by atoms with E-state index in [4.69, 9.17) is 9.79 Å². The van der Waals surface area contributed by atoms with E-state index in [-0.39, 0.29) is 6.61 Å². The Kier molecular flexibility index (Phi) is 28.9. The van der Waals surface area contributed by atoms with Crippen molar-refractivity contribution in [2.75, 3.05) is 6.61 Å². The van der Waals surface area contributed by atoms with Gasteiger partial charge in [-0.15, -0.1) is 0 Å². The Morgan fingerprint density at radius 1 is 0.389 bits per heavy atom. The van der Waals surface area contributed by atoms with Crippen molar-refractivity contribution in [1.82, 2.24) is 0 Å². The van der Waals surface area contributed by atoms with Gasteiger partial charge in [0.25, 0.3) is 0 Å². The van der Waals surface area contributed by atoms with Crippen LogP contribution in [0.15, 0.2) is 105 Å². The van der Waals surface area contributed by atoms with E-state index in [1.54, 1.807) is 6.08 Å². The molecule has 0 bridgehead atoms. The highest BCUT2D eigenvalue weighted by molar-refractivity contribution is 7.60. The average molecular weight is 791 g/mol. The van der Waals surface area contributed by atoms with Crippen molar-refractivity contribution in [3.8, 4) is 0 Å². The number of phosphoric acid groups is 2. The zero-order valence-corrected chi connectivity index (χ0v) is 37.4. The zero-order chi connectivity index (χ0) is 41.0. The van der Waals surface area contributed by atoms with Gasteiger partial charge in [-0.2, -0.15) is 4.31 Å². The van der Waals surface area contributed by atoms with Gasteiger partial charge in [0.05, 0.1) is 6.61 Å². The minimum absolute atomic E-state index is 0.272. The van der Waals surface area contributed by atoms with Crippen LogP contribution in [0.5, 0.6) is 0 Å². The molecule has 0 aliphatic rings. The molecule has 0 amide bonds. The van der Waals surface area contributed by atoms with Crippen LogP contribution >= 0.6 is 15.6 Å². The molecule has 0 fully saturated rings. The lowest BCUT2D eigenvalue weighted by Gasteiger charge is -2.11. The lowest BCUT2D eigenvalue weighted by Crippen LogP contribution is -1.94. The predicted octanol–water partition coefficient (Wildman–Crippen LogP) is 15.0. The Hall–Kier alpha value is -2.08. The largest absolute Gasteiger partial charge is 0.481 e. The van der Waals surface area contributed by atoms with Gasteiger partial charge in [0.15, 0.2) is 0 Å². The van der Waals surface area contributed by atoms with Crippen LogP contribution in [-0.2, 0) is 18.0 Å². The van der Waals surface area contributed by atoms with Crippen molar-refractivity contribution >= 4 is 15.6 Å². The summed E-state index contributed by atoms with van der Waals surface area (Å²) in [6, 6.07) is 0. The first-order valence-corrected chi connectivity index (χ1v) is 22.9. The maximum absolute atomic E-state index is 11.5. The van der Waals surface area contributed by atoms with Crippen molar-refractivity contribution in [1.29, 1.82) is 0 Å². The zero-order valence-electron chi connectivity index (χ0n) is 35.6. The van der Waals surface area contributed by atoms with Gasteiger partial charge in [-0.1, -0.05) is 105 Å². The molecule has 9 heteroatoms. The standard InChI is InChI=1S/C45H76O7P2/c1-37(2)19-11-20-38(3)21-12-22-39(4)23-13-24-40(5)25-14-26-41(6)27-15-28-42(7)29-16-30-43(8)31-17-32-44(9)33-18-34-45(10)35-36-51-54(49,50)52-53(46,47)48/h19,21,23,25,27,29,31,33,35H,11-18,20,22,24,26,28,30,32,34,36H2,1-10H3,(H,49,50)(H2,46,47,48)/b38-21+,39-23+,40-25-,41-27-,42-29-,43-31-,44-33-,45-35-. The fraction of sp³-hybridized carbons (Fsp3) is 0.600. The summed E-state index contributed by atoms with van der Waals surface area (Å²) in [5, 5.41) is 0. The highest BCUT2D eigenvalue weighted by atomic mass is 31.3. The van der Waals surface area contributed by atoms with Crippen LogP contribution in [-0.4, -0.2) is 21.3 Å². The summed E-state index contributed by atoms with van der Waals surface area (Å²) in [5.74, 6) is 0. The maximum atomic E-state index is 11.5. The Balaban J connectivity index is 4.29. The lowest BCUT2D eigenvalue weighted by atomic mass is 10.0. The normalized spacial score (nSPS) is 15.9. The van der Waals surface area contributed by atoms with Gasteiger partial charge >= 0.3 is 15.6 Å². The summed E-state index contributed by atoms with van der Waals surface area (Å²) in [4.78, 5) is 26.6. The second-order valence-corrected chi connectivity index (χ2v) is 18.2. The van der Waals surface area contributed by atoms with Crippen LogP contribution < -0.4 is 0 Å². The summed E-state index contributed by atoms with van der Waals surface area (Å²) in [7, 11) is -9.91. The molecule has 0 spiro atoms. The maximum Gasteiger partial charge on any atom is 0.481 e. The average Bonchev–Trinajstić information content (AvgIpc) is 3.03. The van der Waals surface area contributed by atoms with Crippen LogP contribution in [0.3, 0.4) is 0 Å². The third-order valence-electron chi connectivity index (χ3n) is 9.19. The monoisotopic (exact) mass is 791 g/mol. The molecule has 0 aromatic carbocycles. The van der Waals surface area contributed by atoms with Crippen molar-refractivity contribution in [2.24, 2.45) is 0 Å². The van der Waals surface area contributed by atoms with Crippen LogP contribution in [0.25, 0.3) is 0 Å². The Bertz CT molecular complexity index is 1470. The number of allylic oxidation sites excluding steroid dienone is 17. The summed E-state index contributed by atoms with van der Waals surface area (Å²) < 4.78 is 30.6. The third-order valence-corrected chi connectivity index (χ3v) is 11.3. The minimum Gasteiger partial charge on any atom is -0.302 e. The molecule has 0 heterocycles. The van der Waals surface area contributed by atoms with Crippen LogP contribution in [0.2, 0.25) is 0 Å². The Morgan fingerprint density at radius 3 is 0.833 bits per heavy atom. The molecular weight excluding hydrogens is 714 g/mol. The summed E-state index contributed by atoms with van der Waals surface area (Å²) >= 11 is 0. The Labute approximate surface area is 330 Å². The van der Waals surface area contributed by atoms with Gasteiger partial charge in [0, 0.05) is 0 Å². The molecule has 0 aliphatic carbocycles.